The number of fused-ring (bicyclic) bond motifs is 1. The lowest BCUT2D eigenvalue weighted by Crippen LogP contribution is -2.39. The summed E-state index contributed by atoms with van der Waals surface area (Å²) in [5.74, 6) is 0.377. The van der Waals surface area contributed by atoms with Crippen molar-refractivity contribution in [3.05, 3.63) is 81.0 Å². The van der Waals surface area contributed by atoms with Crippen LogP contribution in [0.5, 0.6) is 5.75 Å². The van der Waals surface area contributed by atoms with E-state index < -0.39 is 0 Å². The Hall–Kier alpha value is -2.83. The van der Waals surface area contributed by atoms with Crippen LogP contribution in [0, 0.1) is 0 Å². The number of hydrogen-bond acceptors (Lipinski definition) is 4. The quantitative estimate of drug-likeness (QED) is 0.667. The summed E-state index contributed by atoms with van der Waals surface area (Å²) in [6, 6.07) is 16.2. The van der Waals surface area contributed by atoms with Crippen molar-refractivity contribution in [3.8, 4) is 5.75 Å². The number of carbonyl (C=O) groups excluding carboxylic acids is 2. The predicted octanol–water partition coefficient (Wildman–Crippen LogP) is 4.52. The van der Waals surface area contributed by atoms with Crippen molar-refractivity contribution in [2.75, 3.05) is 19.0 Å². The van der Waals surface area contributed by atoms with Crippen molar-refractivity contribution in [2.24, 2.45) is 0 Å². The van der Waals surface area contributed by atoms with E-state index >= 15 is 0 Å². The number of benzene rings is 2. The Morgan fingerprint density at radius 3 is 2.72 bits per heavy atom. The summed E-state index contributed by atoms with van der Waals surface area (Å²) < 4.78 is 5.18. The number of ether oxygens (including phenoxy) is 1. The molecule has 29 heavy (non-hydrogen) atoms. The monoisotopic (exact) mass is 426 g/mol. The highest BCUT2D eigenvalue weighted by Gasteiger charge is 2.34. The minimum Gasteiger partial charge on any atom is -0.497 e. The van der Waals surface area contributed by atoms with Crippen LogP contribution in [0.4, 0.5) is 5.69 Å². The van der Waals surface area contributed by atoms with E-state index in [0.717, 1.165) is 21.8 Å². The second-order valence-corrected chi connectivity index (χ2v) is 8.16. The Kier molecular flexibility index (Phi) is 5.56. The Balaban J connectivity index is 1.72. The highest BCUT2D eigenvalue weighted by atomic mass is 35.5. The molecular weight excluding hydrogens is 408 g/mol. The molecule has 0 saturated heterocycles. The van der Waals surface area contributed by atoms with E-state index in [1.807, 2.05) is 47.8 Å². The number of halogens is 1. The summed E-state index contributed by atoms with van der Waals surface area (Å²) in [6.45, 7) is -0.0240. The van der Waals surface area contributed by atoms with Crippen molar-refractivity contribution < 1.29 is 14.3 Å². The second kappa shape index (κ2) is 8.27. The van der Waals surface area contributed by atoms with Crippen LogP contribution in [-0.4, -0.2) is 30.4 Å². The molecule has 1 aliphatic rings. The van der Waals surface area contributed by atoms with Crippen LogP contribution >= 0.6 is 22.9 Å². The SMILES string of the molecule is COc1ccc(CC(=O)N2CC(=O)Nc3ccc(Cl)cc3C2c2cccs2)cc1. The minimum absolute atomic E-state index is 0.0240. The molecule has 1 atom stereocenters. The Morgan fingerprint density at radius 2 is 2.03 bits per heavy atom. The van der Waals surface area contributed by atoms with E-state index in [2.05, 4.69) is 5.32 Å². The third-order valence-electron chi connectivity index (χ3n) is 4.86. The first kappa shape index (κ1) is 19.5. The number of amides is 2. The number of hydrogen-bond donors (Lipinski definition) is 1. The molecule has 1 unspecified atom stereocenters. The van der Waals surface area contributed by atoms with Gasteiger partial charge in [0.15, 0.2) is 0 Å². The lowest BCUT2D eigenvalue weighted by Gasteiger charge is -2.29. The molecule has 4 rings (SSSR count). The smallest absolute Gasteiger partial charge is 0.244 e. The fraction of sp³-hybridized carbons (Fsp3) is 0.182. The first-order chi connectivity index (χ1) is 14.0. The van der Waals surface area contributed by atoms with Gasteiger partial charge in [0.05, 0.1) is 19.6 Å². The van der Waals surface area contributed by atoms with Gasteiger partial charge in [-0.15, -0.1) is 11.3 Å². The molecule has 0 aliphatic carbocycles. The highest BCUT2D eigenvalue weighted by Crippen LogP contribution is 2.39. The molecule has 3 aromatic rings. The predicted molar refractivity (Wildman–Crippen MR) is 115 cm³/mol. The Bertz CT molecular complexity index is 1030. The largest absolute Gasteiger partial charge is 0.497 e. The van der Waals surface area contributed by atoms with Crippen molar-refractivity contribution in [2.45, 2.75) is 12.5 Å². The van der Waals surface area contributed by atoms with Gasteiger partial charge in [-0.05, 0) is 47.3 Å². The van der Waals surface area contributed by atoms with E-state index in [4.69, 9.17) is 16.3 Å². The van der Waals surface area contributed by atoms with Crippen LogP contribution in [0.2, 0.25) is 5.02 Å². The molecule has 2 aromatic carbocycles. The van der Waals surface area contributed by atoms with Crippen molar-refractivity contribution in [1.29, 1.82) is 0 Å². The lowest BCUT2D eigenvalue weighted by atomic mass is 10.0. The maximum Gasteiger partial charge on any atom is 0.244 e. The number of carbonyl (C=O) groups is 2. The summed E-state index contributed by atoms with van der Waals surface area (Å²) in [7, 11) is 1.60. The van der Waals surface area contributed by atoms with Gasteiger partial charge in [0.1, 0.15) is 12.3 Å². The molecule has 0 spiro atoms. The van der Waals surface area contributed by atoms with Gasteiger partial charge in [-0.1, -0.05) is 29.8 Å². The van der Waals surface area contributed by atoms with Crippen LogP contribution in [0.1, 0.15) is 22.0 Å². The number of thiophene rings is 1. The van der Waals surface area contributed by atoms with Crippen LogP contribution < -0.4 is 10.1 Å². The van der Waals surface area contributed by atoms with E-state index in [-0.39, 0.29) is 30.8 Å². The zero-order valence-electron chi connectivity index (χ0n) is 15.7. The fourth-order valence-corrected chi connectivity index (χ4v) is 4.52. The van der Waals surface area contributed by atoms with Gasteiger partial charge >= 0.3 is 0 Å². The molecule has 1 aromatic heterocycles. The molecule has 2 heterocycles. The number of nitrogens with zero attached hydrogens (tertiary/aromatic N) is 1. The van der Waals surface area contributed by atoms with E-state index in [0.29, 0.717) is 10.7 Å². The number of anilines is 1. The van der Waals surface area contributed by atoms with Gasteiger partial charge in [0.2, 0.25) is 11.8 Å². The first-order valence-corrected chi connectivity index (χ1v) is 10.4. The maximum atomic E-state index is 13.3. The average molecular weight is 427 g/mol. The van der Waals surface area contributed by atoms with Crippen molar-refractivity contribution in [3.63, 3.8) is 0 Å². The first-order valence-electron chi connectivity index (χ1n) is 9.10. The van der Waals surface area contributed by atoms with E-state index in [1.165, 1.54) is 0 Å². The molecule has 0 fully saturated rings. The molecule has 148 valence electrons. The van der Waals surface area contributed by atoms with Crippen LogP contribution in [0.15, 0.2) is 60.0 Å². The lowest BCUT2D eigenvalue weighted by molar-refractivity contribution is -0.135. The summed E-state index contributed by atoms with van der Waals surface area (Å²) in [5, 5.41) is 5.43. The van der Waals surface area contributed by atoms with Crippen LogP contribution in [0.3, 0.4) is 0 Å². The summed E-state index contributed by atoms with van der Waals surface area (Å²) in [5.41, 5.74) is 2.35. The molecule has 2 amide bonds. The summed E-state index contributed by atoms with van der Waals surface area (Å²) in [4.78, 5) is 28.5. The van der Waals surface area contributed by atoms with Crippen molar-refractivity contribution in [1.82, 2.24) is 4.90 Å². The van der Waals surface area contributed by atoms with Crippen LogP contribution in [0.25, 0.3) is 0 Å². The summed E-state index contributed by atoms with van der Waals surface area (Å²) >= 11 is 7.80. The molecule has 1 aliphatic heterocycles. The van der Waals surface area contributed by atoms with E-state index in [9.17, 15) is 9.59 Å². The molecule has 5 nitrogen and oxygen atoms in total. The topological polar surface area (TPSA) is 58.6 Å². The maximum absolute atomic E-state index is 13.3. The third kappa shape index (κ3) is 4.13. The molecule has 0 radical (unpaired) electrons. The normalized spacial score (nSPS) is 16.0. The molecule has 7 heteroatoms. The van der Waals surface area contributed by atoms with Gasteiger partial charge in [0.25, 0.3) is 0 Å². The van der Waals surface area contributed by atoms with Gasteiger partial charge in [-0.3, -0.25) is 9.59 Å². The summed E-state index contributed by atoms with van der Waals surface area (Å²) in [6.07, 6.45) is 0.190. The average Bonchev–Trinajstić information content (AvgIpc) is 3.19. The Morgan fingerprint density at radius 1 is 1.24 bits per heavy atom. The molecule has 0 saturated carbocycles. The molecule has 0 bridgehead atoms. The van der Waals surface area contributed by atoms with Gasteiger partial charge in [-0.2, -0.15) is 0 Å². The minimum atomic E-state index is -0.381. The molecular formula is C22H19ClN2O3S. The van der Waals surface area contributed by atoms with Crippen molar-refractivity contribution >= 4 is 40.4 Å². The van der Waals surface area contributed by atoms with Gasteiger partial charge < -0.3 is 15.0 Å². The molecule has 1 N–H and O–H groups in total. The highest BCUT2D eigenvalue weighted by molar-refractivity contribution is 7.10. The van der Waals surface area contributed by atoms with Gasteiger partial charge in [-0.25, -0.2) is 0 Å². The van der Waals surface area contributed by atoms with E-state index in [1.54, 1.807) is 35.5 Å². The number of rotatable bonds is 4. The zero-order valence-corrected chi connectivity index (χ0v) is 17.3. The second-order valence-electron chi connectivity index (χ2n) is 6.74. The fourth-order valence-electron chi connectivity index (χ4n) is 3.48. The van der Waals surface area contributed by atoms with Crippen LogP contribution in [-0.2, 0) is 16.0 Å². The van der Waals surface area contributed by atoms with Gasteiger partial charge in [0, 0.05) is 21.2 Å². The number of methoxy groups -OCH3 is 1. The third-order valence-corrected chi connectivity index (χ3v) is 6.02. The Labute approximate surface area is 177 Å². The standard InChI is InChI=1S/C22H19ClN2O3S/c1-28-16-7-4-14(5-8-16)11-21(27)25-13-20(26)24-18-9-6-15(23)12-17(18)22(25)19-3-2-10-29-19/h2-10,12,22H,11,13H2,1H3,(H,24,26). The number of nitrogens with one attached hydrogen (secondary N) is 1. The zero-order chi connectivity index (χ0) is 20.4.